The van der Waals surface area contributed by atoms with E-state index in [4.69, 9.17) is 0 Å². The second kappa shape index (κ2) is 8.37. The summed E-state index contributed by atoms with van der Waals surface area (Å²) in [5.74, 6) is -0.0526. The number of carbonyl (C=O) groups excluding carboxylic acids is 2. The van der Waals surface area contributed by atoms with Gasteiger partial charge in [0, 0.05) is 51.4 Å². The Bertz CT molecular complexity index is 888. The number of hydrogen-bond acceptors (Lipinski definition) is 3. The number of benzene rings is 2. The van der Waals surface area contributed by atoms with Gasteiger partial charge < -0.3 is 9.80 Å². The maximum Gasteiger partial charge on any atom is 0.228 e. The van der Waals surface area contributed by atoms with E-state index in [2.05, 4.69) is 43.0 Å². The van der Waals surface area contributed by atoms with Crippen molar-refractivity contribution in [3.8, 4) is 0 Å². The average Bonchev–Trinajstić information content (AvgIpc) is 3.12. The number of piperazine rings is 1. The summed E-state index contributed by atoms with van der Waals surface area (Å²) >= 11 is 0. The van der Waals surface area contributed by atoms with Crippen LogP contribution in [0, 0.1) is 19.8 Å². The van der Waals surface area contributed by atoms with E-state index in [0.29, 0.717) is 13.0 Å². The number of hydrogen-bond donors (Lipinski definition) is 0. The van der Waals surface area contributed by atoms with Crippen molar-refractivity contribution in [2.24, 2.45) is 5.92 Å². The molecule has 4 rings (SSSR count). The Labute approximate surface area is 172 Å². The summed E-state index contributed by atoms with van der Waals surface area (Å²) < 4.78 is 0. The molecule has 0 aliphatic carbocycles. The number of rotatable bonds is 4. The molecular weight excluding hydrogens is 362 g/mol. The Hall–Kier alpha value is -2.66. The molecule has 0 radical (unpaired) electrons. The number of carbonyl (C=O) groups is 2. The predicted molar refractivity (Wildman–Crippen MR) is 115 cm³/mol. The third-order valence-electron chi connectivity index (χ3n) is 6.21. The summed E-state index contributed by atoms with van der Waals surface area (Å²) in [6, 6.07) is 16.5. The molecule has 2 heterocycles. The highest BCUT2D eigenvalue weighted by Crippen LogP contribution is 2.28. The lowest BCUT2D eigenvalue weighted by Crippen LogP contribution is -2.50. The van der Waals surface area contributed by atoms with E-state index in [1.54, 1.807) is 4.90 Å². The van der Waals surface area contributed by atoms with Crippen LogP contribution in [0.25, 0.3) is 0 Å². The molecule has 0 saturated carbocycles. The van der Waals surface area contributed by atoms with Gasteiger partial charge in [-0.1, -0.05) is 36.4 Å². The maximum absolute atomic E-state index is 13.0. The number of amides is 2. The Morgan fingerprint density at radius 3 is 2.38 bits per heavy atom. The fraction of sp³-hybridized carbons (Fsp3) is 0.417. The average molecular weight is 392 g/mol. The minimum atomic E-state index is -0.232. The molecule has 2 aliphatic heterocycles. The van der Waals surface area contributed by atoms with Crippen molar-refractivity contribution < 1.29 is 9.59 Å². The first-order valence-electron chi connectivity index (χ1n) is 10.4. The first-order valence-corrected chi connectivity index (χ1v) is 10.4. The van der Waals surface area contributed by atoms with Crippen LogP contribution in [0.2, 0.25) is 0 Å². The third-order valence-corrected chi connectivity index (χ3v) is 6.21. The third kappa shape index (κ3) is 4.35. The molecule has 29 heavy (non-hydrogen) atoms. The molecule has 5 nitrogen and oxygen atoms in total. The summed E-state index contributed by atoms with van der Waals surface area (Å²) in [5.41, 5.74) is 4.58. The largest absolute Gasteiger partial charge is 0.340 e. The molecule has 5 heteroatoms. The molecule has 0 aromatic heterocycles. The van der Waals surface area contributed by atoms with Gasteiger partial charge in [-0.2, -0.15) is 0 Å². The standard InChI is InChI=1S/C24H29N3O2/c1-18-8-9-22(14-19(18)2)27-17-21(15-23(27)28)24(29)26-12-10-25(11-13-26)16-20-6-4-3-5-7-20/h3-9,14,21H,10-13,15-17H2,1-2H3/t21-/m1/s1. The molecule has 0 N–H and O–H groups in total. The minimum absolute atomic E-state index is 0.0503. The van der Waals surface area contributed by atoms with Gasteiger partial charge in [0.05, 0.1) is 5.92 Å². The van der Waals surface area contributed by atoms with Crippen LogP contribution in [0.1, 0.15) is 23.1 Å². The van der Waals surface area contributed by atoms with Gasteiger partial charge in [0.1, 0.15) is 0 Å². The van der Waals surface area contributed by atoms with Crippen molar-refractivity contribution in [3.05, 3.63) is 65.2 Å². The van der Waals surface area contributed by atoms with Crippen LogP contribution in [0.4, 0.5) is 5.69 Å². The molecule has 2 aliphatic rings. The van der Waals surface area contributed by atoms with Gasteiger partial charge in [-0.05, 0) is 42.7 Å². The van der Waals surface area contributed by atoms with Crippen molar-refractivity contribution in [1.82, 2.24) is 9.80 Å². The van der Waals surface area contributed by atoms with Gasteiger partial charge in [0.2, 0.25) is 11.8 Å². The first kappa shape index (κ1) is 19.6. The van der Waals surface area contributed by atoms with Crippen molar-refractivity contribution in [3.63, 3.8) is 0 Å². The second-order valence-corrected chi connectivity index (χ2v) is 8.26. The zero-order valence-electron chi connectivity index (χ0n) is 17.3. The lowest BCUT2D eigenvalue weighted by atomic mass is 10.1. The van der Waals surface area contributed by atoms with E-state index < -0.39 is 0 Å². The van der Waals surface area contributed by atoms with Crippen molar-refractivity contribution in [2.45, 2.75) is 26.8 Å². The zero-order chi connectivity index (χ0) is 20.4. The zero-order valence-corrected chi connectivity index (χ0v) is 17.3. The summed E-state index contributed by atoms with van der Waals surface area (Å²) in [6.07, 6.45) is 0.315. The molecule has 2 fully saturated rings. The SMILES string of the molecule is Cc1ccc(N2C[C@H](C(=O)N3CCN(Cc4ccccc4)CC3)CC2=O)cc1C. The Kier molecular flexibility index (Phi) is 5.67. The lowest BCUT2D eigenvalue weighted by molar-refractivity contribution is -0.137. The molecule has 0 spiro atoms. The van der Waals surface area contributed by atoms with E-state index in [0.717, 1.165) is 38.4 Å². The predicted octanol–water partition coefficient (Wildman–Crippen LogP) is 3.00. The number of nitrogens with zero attached hydrogens (tertiary/aromatic N) is 3. The Morgan fingerprint density at radius 2 is 1.69 bits per heavy atom. The van der Waals surface area contributed by atoms with Crippen LogP contribution in [0.5, 0.6) is 0 Å². The first-order chi connectivity index (χ1) is 14.0. The summed E-state index contributed by atoms with van der Waals surface area (Å²) in [5, 5.41) is 0. The molecule has 1 atom stereocenters. The topological polar surface area (TPSA) is 43.9 Å². The van der Waals surface area contributed by atoms with Crippen molar-refractivity contribution in [2.75, 3.05) is 37.6 Å². The van der Waals surface area contributed by atoms with Gasteiger partial charge in [-0.25, -0.2) is 0 Å². The van der Waals surface area contributed by atoms with Gasteiger partial charge in [0.25, 0.3) is 0 Å². The van der Waals surface area contributed by atoms with Crippen molar-refractivity contribution in [1.29, 1.82) is 0 Å². The van der Waals surface area contributed by atoms with E-state index in [1.165, 1.54) is 16.7 Å². The highest BCUT2D eigenvalue weighted by molar-refractivity contribution is 6.00. The maximum atomic E-state index is 13.0. The molecule has 152 valence electrons. The van der Waals surface area contributed by atoms with Crippen molar-refractivity contribution >= 4 is 17.5 Å². The molecule has 0 bridgehead atoms. The molecule has 2 aromatic carbocycles. The highest BCUT2D eigenvalue weighted by atomic mass is 16.2. The number of aryl methyl sites for hydroxylation is 2. The minimum Gasteiger partial charge on any atom is -0.340 e. The molecular formula is C24H29N3O2. The second-order valence-electron chi connectivity index (χ2n) is 8.26. The Morgan fingerprint density at radius 1 is 0.966 bits per heavy atom. The van der Waals surface area contributed by atoms with Gasteiger partial charge in [-0.15, -0.1) is 0 Å². The smallest absolute Gasteiger partial charge is 0.228 e. The van der Waals surface area contributed by atoms with Crippen LogP contribution < -0.4 is 4.90 Å². The number of anilines is 1. The van der Waals surface area contributed by atoms with E-state index in [9.17, 15) is 9.59 Å². The van der Waals surface area contributed by atoms with Gasteiger partial charge >= 0.3 is 0 Å². The fourth-order valence-corrected chi connectivity index (χ4v) is 4.24. The molecule has 2 amide bonds. The van der Waals surface area contributed by atoms with E-state index >= 15 is 0 Å². The molecule has 2 saturated heterocycles. The Balaban J connectivity index is 1.33. The fourth-order valence-electron chi connectivity index (χ4n) is 4.24. The summed E-state index contributed by atoms with van der Waals surface area (Å²) in [6.45, 7) is 8.76. The lowest BCUT2D eigenvalue weighted by Gasteiger charge is -2.36. The molecule has 2 aromatic rings. The highest BCUT2D eigenvalue weighted by Gasteiger charge is 2.38. The van der Waals surface area contributed by atoms with Crippen LogP contribution in [0.15, 0.2) is 48.5 Å². The van der Waals surface area contributed by atoms with E-state index in [-0.39, 0.29) is 17.7 Å². The quantitative estimate of drug-likeness (QED) is 0.805. The van der Waals surface area contributed by atoms with Crippen LogP contribution in [-0.4, -0.2) is 54.3 Å². The van der Waals surface area contributed by atoms with Gasteiger partial charge in [-0.3, -0.25) is 14.5 Å². The van der Waals surface area contributed by atoms with Gasteiger partial charge in [0.15, 0.2) is 0 Å². The van der Waals surface area contributed by atoms with Crippen LogP contribution >= 0.6 is 0 Å². The van der Waals surface area contributed by atoms with E-state index in [1.807, 2.05) is 29.2 Å². The summed E-state index contributed by atoms with van der Waals surface area (Å²) in [4.78, 5) is 31.7. The van der Waals surface area contributed by atoms with Crippen LogP contribution in [-0.2, 0) is 16.1 Å². The monoisotopic (exact) mass is 391 g/mol. The summed E-state index contributed by atoms with van der Waals surface area (Å²) in [7, 11) is 0. The van der Waals surface area contributed by atoms with Crippen LogP contribution in [0.3, 0.4) is 0 Å². The molecule has 0 unspecified atom stereocenters. The normalized spacial score (nSPS) is 20.3.